The Hall–Kier alpha value is -0.940. The first-order chi connectivity index (χ1) is 15.3. The minimum atomic E-state index is -5.89. The Morgan fingerprint density at radius 1 is 0.697 bits per heavy atom. The third-order valence-corrected chi connectivity index (χ3v) is 4.56. The molecule has 33 heavy (non-hydrogen) atoms. The molecule has 0 atom stereocenters. The molecule has 0 spiro atoms. The van der Waals surface area contributed by atoms with E-state index in [4.69, 9.17) is 34.7 Å². The SMILES string of the molecule is N#CCCN1CCOCCOCCN(CCC#N)CCN(CCC#N)CC1.O=P([O-])(F)F.[Ag+]. The maximum Gasteiger partial charge on any atom is 1.00 e. The van der Waals surface area contributed by atoms with Crippen molar-refractivity contribution in [2.24, 2.45) is 0 Å². The molecule has 192 valence electrons. The fraction of sp³-hybridized carbons (Fsp3) is 0.842. The molecule has 1 aliphatic rings. The number of nitriles is 3. The van der Waals surface area contributed by atoms with E-state index >= 15 is 0 Å². The molecule has 1 saturated heterocycles. The summed E-state index contributed by atoms with van der Waals surface area (Å²) >= 11 is 0. The fourth-order valence-corrected chi connectivity index (χ4v) is 2.91. The van der Waals surface area contributed by atoms with Crippen LogP contribution in [0.2, 0.25) is 0 Å². The van der Waals surface area contributed by atoms with Crippen LogP contribution in [0.25, 0.3) is 0 Å². The molecule has 0 aromatic heterocycles. The molecule has 0 saturated carbocycles. The zero-order valence-electron chi connectivity index (χ0n) is 18.6. The van der Waals surface area contributed by atoms with Crippen molar-refractivity contribution in [3.63, 3.8) is 0 Å². The van der Waals surface area contributed by atoms with E-state index in [-0.39, 0.29) is 22.4 Å². The van der Waals surface area contributed by atoms with Crippen LogP contribution in [0.3, 0.4) is 0 Å². The van der Waals surface area contributed by atoms with Crippen LogP contribution in [0, 0.1) is 34.0 Å². The number of hydrogen-bond acceptors (Lipinski definition) is 10. The third-order valence-electron chi connectivity index (χ3n) is 4.56. The largest absolute Gasteiger partial charge is 1.00 e. The molecule has 10 nitrogen and oxygen atoms in total. The zero-order valence-corrected chi connectivity index (χ0v) is 21.0. The van der Waals surface area contributed by atoms with Gasteiger partial charge in [-0.15, -0.1) is 0 Å². The Balaban J connectivity index is 0. The van der Waals surface area contributed by atoms with Crippen LogP contribution in [0.5, 0.6) is 0 Å². The predicted molar refractivity (Wildman–Crippen MR) is 111 cm³/mol. The molecule has 0 aromatic carbocycles. The topological polar surface area (TPSA) is 140 Å². The third kappa shape index (κ3) is 25.5. The van der Waals surface area contributed by atoms with Crippen molar-refractivity contribution < 1.29 is 49.7 Å². The first-order valence-corrected chi connectivity index (χ1v) is 11.8. The molecule has 1 heterocycles. The van der Waals surface area contributed by atoms with E-state index in [2.05, 4.69) is 32.9 Å². The molecule has 0 unspecified atom stereocenters. The van der Waals surface area contributed by atoms with Crippen molar-refractivity contribution in [2.45, 2.75) is 19.3 Å². The van der Waals surface area contributed by atoms with Crippen LogP contribution < -0.4 is 4.89 Å². The quantitative estimate of drug-likeness (QED) is 0.329. The van der Waals surface area contributed by atoms with Gasteiger partial charge >= 0.3 is 30.4 Å². The van der Waals surface area contributed by atoms with Crippen LogP contribution in [0.15, 0.2) is 0 Å². The van der Waals surface area contributed by atoms with E-state index in [9.17, 15) is 8.39 Å². The van der Waals surface area contributed by atoms with Gasteiger partial charge in [-0.2, -0.15) is 24.2 Å². The molecule has 0 amide bonds. The van der Waals surface area contributed by atoms with Crippen molar-refractivity contribution in [3.8, 4) is 18.2 Å². The summed E-state index contributed by atoms with van der Waals surface area (Å²) in [7, 11) is -5.89. The van der Waals surface area contributed by atoms with Crippen molar-refractivity contribution in [3.05, 3.63) is 0 Å². The van der Waals surface area contributed by atoms with E-state index in [1.54, 1.807) is 0 Å². The summed E-state index contributed by atoms with van der Waals surface area (Å²) in [6.07, 6.45) is 1.51. The van der Waals surface area contributed by atoms with Crippen LogP contribution in [0.1, 0.15) is 19.3 Å². The molecule has 1 aliphatic heterocycles. The van der Waals surface area contributed by atoms with Gasteiger partial charge < -0.3 is 14.4 Å². The number of nitrogens with zero attached hydrogens (tertiary/aromatic N) is 6. The molecule has 0 radical (unpaired) electrons. The molecular weight excluding hydrogens is 553 g/mol. The van der Waals surface area contributed by atoms with E-state index < -0.39 is 7.99 Å². The second-order valence-electron chi connectivity index (χ2n) is 6.89. The van der Waals surface area contributed by atoms with Gasteiger partial charge in [0.05, 0.1) is 44.6 Å². The summed E-state index contributed by atoms with van der Waals surface area (Å²) in [6, 6.07) is 6.64. The van der Waals surface area contributed by atoms with Gasteiger partial charge in [0.25, 0.3) is 0 Å². The Bertz CT molecular complexity index is 611. The monoisotopic (exact) mass is 584 g/mol. The van der Waals surface area contributed by atoms with Crippen molar-refractivity contribution in [2.75, 3.05) is 85.3 Å². The van der Waals surface area contributed by atoms with Gasteiger partial charge in [0.15, 0.2) is 0 Å². The van der Waals surface area contributed by atoms with Gasteiger partial charge in [0.2, 0.25) is 0 Å². The first-order valence-electron chi connectivity index (χ1n) is 10.4. The summed E-state index contributed by atoms with van der Waals surface area (Å²) < 4.78 is 39.6. The van der Waals surface area contributed by atoms with Crippen molar-refractivity contribution in [1.29, 1.82) is 15.8 Å². The summed E-state index contributed by atoms with van der Waals surface area (Å²) in [4.78, 5) is 15.1. The molecular formula is C19H32AgF2N6O4P. The molecule has 14 heteroatoms. The molecule has 0 aromatic rings. The number of halogens is 2. The average Bonchev–Trinajstić information content (AvgIpc) is 2.74. The summed E-state index contributed by atoms with van der Waals surface area (Å²) in [5, 5.41) is 26.7. The Kier molecular flexibility index (Phi) is 23.7. The maximum absolute atomic E-state index is 10.0. The average molecular weight is 585 g/mol. The van der Waals surface area contributed by atoms with Gasteiger partial charge in [-0.05, 0) is 0 Å². The van der Waals surface area contributed by atoms with Crippen LogP contribution in [-0.2, 0) is 36.4 Å². The van der Waals surface area contributed by atoms with Gasteiger partial charge in [0, 0.05) is 78.2 Å². The Morgan fingerprint density at radius 3 is 1.24 bits per heavy atom. The fourth-order valence-electron chi connectivity index (χ4n) is 2.91. The molecule has 0 bridgehead atoms. The summed E-state index contributed by atoms with van der Waals surface area (Å²) in [5.74, 6) is 0. The van der Waals surface area contributed by atoms with Crippen LogP contribution in [-0.4, -0.2) is 100 Å². The second-order valence-corrected chi connectivity index (χ2v) is 7.72. The van der Waals surface area contributed by atoms with E-state index in [0.29, 0.717) is 45.7 Å². The van der Waals surface area contributed by atoms with E-state index in [1.807, 2.05) is 0 Å². The predicted octanol–water partition coefficient (Wildman–Crippen LogP) is 1.07. The number of ether oxygens (including phenoxy) is 2. The van der Waals surface area contributed by atoms with Gasteiger partial charge in [-0.25, -0.2) is 0 Å². The van der Waals surface area contributed by atoms with Gasteiger partial charge in [-0.1, -0.05) is 0 Å². The molecule has 1 fully saturated rings. The molecule has 0 aliphatic carbocycles. The summed E-state index contributed by atoms with van der Waals surface area (Å²) in [5.41, 5.74) is 0. The summed E-state index contributed by atoms with van der Waals surface area (Å²) in [6.45, 7) is 9.60. The second kappa shape index (κ2) is 22.8. The number of rotatable bonds is 6. The smallest absolute Gasteiger partial charge is 0.749 e. The van der Waals surface area contributed by atoms with Crippen molar-refractivity contribution in [1.82, 2.24) is 14.7 Å². The maximum atomic E-state index is 10.0. The first kappa shape index (κ1) is 34.2. The van der Waals surface area contributed by atoms with Crippen LogP contribution in [0.4, 0.5) is 8.39 Å². The van der Waals surface area contributed by atoms with Gasteiger partial charge in [-0.3, -0.25) is 19.3 Å². The standard InChI is InChI=1S/C19H32N6O2.Ag.F2HO2P/c20-4-1-7-23-10-12-24(8-2-5-21)14-16-26-18-19-27-17-15-25(13-11-23)9-3-6-22;;1-5(2,3)4/h1-3,7-19H2;;(H,3,4)/q;+1;/p-1. The van der Waals surface area contributed by atoms with E-state index in [0.717, 1.165) is 58.9 Å². The Morgan fingerprint density at radius 2 is 0.970 bits per heavy atom. The normalized spacial score (nSPS) is 18.1. The molecule has 1 rings (SSSR count). The minimum Gasteiger partial charge on any atom is -0.749 e. The molecule has 0 N–H and O–H groups in total. The van der Waals surface area contributed by atoms with Crippen molar-refractivity contribution >= 4 is 7.99 Å². The minimum absolute atomic E-state index is 0. The van der Waals surface area contributed by atoms with Crippen LogP contribution >= 0.6 is 7.99 Å². The van der Waals surface area contributed by atoms with Gasteiger partial charge in [0.1, 0.15) is 0 Å². The Labute approximate surface area is 210 Å². The van der Waals surface area contributed by atoms with E-state index in [1.165, 1.54) is 0 Å². The zero-order chi connectivity index (χ0) is 24.1. The number of hydrogen-bond donors (Lipinski definition) is 0.